The molecule has 0 amide bonds. The van der Waals surface area contributed by atoms with Gasteiger partial charge in [0.15, 0.2) is 0 Å². The fraction of sp³-hybridized carbons (Fsp3) is 0.231. The molecule has 3 heteroatoms. The van der Waals surface area contributed by atoms with Gasteiger partial charge in [0.25, 0.3) is 0 Å². The Morgan fingerprint density at radius 3 is 0.667 bits per heavy atom. The van der Waals surface area contributed by atoms with Crippen molar-refractivity contribution in [1.29, 1.82) is 0 Å². The van der Waals surface area contributed by atoms with E-state index in [1.807, 2.05) is 0 Å². The summed E-state index contributed by atoms with van der Waals surface area (Å²) in [7, 11) is 0. The molecule has 5 aromatic rings. The van der Waals surface area contributed by atoms with Gasteiger partial charge in [-0.25, -0.2) is 0 Å². The lowest BCUT2D eigenvalue weighted by atomic mass is 10.1. The van der Waals surface area contributed by atoms with Crippen LogP contribution in [0.15, 0.2) is 152 Å². The van der Waals surface area contributed by atoms with E-state index >= 15 is 0 Å². The predicted molar refractivity (Wildman–Crippen MR) is 176 cm³/mol. The van der Waals surface area contributed by atoms with Gasteiger partial charge >= 0.3 is 0 Å². The first kappa shape index (κ1) is 29.5. The van der Waals surface area contributed by atoms with Crippen LogP contribution in [-0.2, 0) is 32.7 Å². The molecule has 5 aromatic carbocycles. The zero-order chi connectivity index (χ0) is 28.7. The van der Waals surface area contributed by atoms with E-state index in [9.17, 15) is 0 Å². The van der Waals surface area contributed by atoms with E-state index in [0.717, 1.165) is 58.9 Å². The molecule has 0 heterocycles. The van der Waals surface area contributed by atoms with E-state index in [-0.39, 0.29) is 0 Å². The quantitative estimate of drug-likeness (QED) is 0.123. The zero-order valence-electron chi connectivity index (χ0n) is 24.6. The van der Waals surface area contributed by atoms with Crippen molar-refractivity contribution in [2.75, 3.05) is 26.2 Å². The molecule has 0 aromatic heterocycles. The van der Waals surface area contributed by atoms with Gasteiger partial charge in [-0.2, -0.15) is 0 Å². The molecule has 0 aliphatic rings. The molecule has 0 radical (unpaired) electrons. The fourth-order valence-electron chi connectivity index (χ4n) is 5.47. The van der Waals surface area contributed by atoms with E-state index in [2.05, 4.69) is 166 Å². The Labute approximate surface area is 252 Å². The average molecular weight is 554 g/mol. The predicted octanol–water partition coefficient (Wildman–Crippen LogP) is 7.89. The monoisotopic (exact) mass is 553 g/mol. The van der Waals surface area contributed by atoms with Gasteiger partial charge in [-0.05, 0) is 27.8 Å². The van der Waals surface area contributed by atoms with E-state index in [1.54, 1.807) is 0 Å². The maximum Gasteiger partial charge on any atom is 0.0237 e. The first-order valence-corrected chi connectivity index (χ1v) is 15.2. The molecule has 0 atom stereocenters. The maximum absolute atomic E-state index is 2.64. The number of nitrogens with zero attached hydrogens (tertiary/aromatic N) is 3. The molecule has 0 saturated carbocycles. The summed E-state index contributed by atoms with van der Waals surface area (Å²) in [6.45, 7) is 8.79. The van der Waals surface area contributed by atoms with Gasteiger partial charge in [0.05, 0.1) is 0 Å². The van der Waals surface area contributed by atoms with Crippen molar-refractivity contribution in [3.63, 3.8) is 0 Å². The lowest BCUT2D eigenvalue weighted by Gasteiger charge is -2.30. The van der Waals surface area contributed by atoms with Gasteiger partial charge in [0, 0.05) is 58.9 Å². The van der Waals surface area contributed by atoms with Crippen LogP contribution in [-0.4, -0.2) is 40.9 Å². The van der Waals surface area contributed by atoms with Gasteiger partial charge in [0.1, 0.15) is 0 Å². The number of rotatable bonds is 16. The van der Waals surface area contributed by atoms with Crippen LogP contribution in [0.25, 0.3) is 0 Å². The maximum atomic E-state index is 2.64. The lowest BCUT2D eigenvalue weighted by molar-refractivity contribution is 0.158. The Hall–Kier alpha value is -4.02. The molecular weight excluding hydrogens is 510 g/mol. The Balaban J connectivity index is 1.29. The summed E-state index contributed by atoms with van der Waals surface area (Å²) < 4.78 is 0. The summed E-state index contributed by atoms with van der Waals surface area (Å²) in [6, 6.07) is 54.4. The molecule has 0 bridgehead atoms. The zero-order valence-corrected chi connectivity index (χ0v) is 24.6. The Bertz CT molecular complexity index is 1220. The second-order valence-electron chi connectivity index (χ2n) is 11.1. The minimum atomic E-state index is 0.947. The second kappa shape index (κ2) is 16.4. The Morgan fingerprint density at radius 2 is 0.429 bits per heavy atom. The smallest absolute Gasteiger partial charge is 0.0237 e. The lowest BCUT2D eigenvalue weighted by Crippen LogP contribution is -2.39. The molecule has 0 unspecified atom stereocenters. The second-order valence-corrected chi connectivity index (χ2v) is 11.1. The molecule has 0 aliphatic carbocycles. The number of benzene rings is 5. The third-order valence-corrected chi connectivity index (χ3v) is 7.71. The van der Waals surface area contributed by atoms with Crippen molar-refractivity contribution < 1.29 is 0 Å². The third kappa shape index (κ3) is 10.1. The van der Waals surface area contributed by atoms with E-state index in [4.69, 9.17) is 0 Å². The van der Waals surface area contributed by atoms with E-state index < -0.39 is 0 Å². The van der Waals surface area contributed by atoms with Crippen LogP contribution in [0.2, 0.25) is 0 Å². The summed E-state index contributed by atoms with van der Waals surface area (Å²) in [5.74, 6) is 0. The topological polar surface area (TPSA) is 9.72 Å². The Kier molecular flexibility index (Phi) is 11.5. The van der Waals surface area contributed by atoms with Crippen LogP contribution in [0.5, 0.6) is 0 Å². The molecular formula is C39H43N3. The minimum Gasteiger partial charge on any atom is -0.297 e. The summed E-state index contributed by atoms with van der Waals surface area (Å²) in [4.78, 5) is 7.82. The van der Waals surface area contributed by atoms with Gasteiger partial charge < -0.3 is 0 Å². The van der Waals surface area contributed by atoms with Crippen molar-refractivity contribution in [2.45, 2.75) is 32.7 Å². The van der Waals surface area contributed by atoms with Gasteiger partial charge in [-0.1, -0.05) is 152 Å². The van der Waals surface area contributed by atoms with Gasteiger partial charge in [-0.15, -0.1) is 0 Å². The molecule has 0 fully saturated rings. The minimum absolute atomic E-state index is 0.947. The van der Waals surface area contributed by atoms with E-state index in [1.165, 1.54) is 27.8 Å². The first-order chi connectivity index (χ1) is 20.8. The summed E-state index contributed by atoms with van der Waals surface area (Å²) in [6.07, 6.45) is 0. The molecule has 214 valence electrons. The molecule has 0 spiro atoms. The molecule has 42 heavy (non-hydrogen) atoms. The molecule has 5 rings (SSSR count). The van der Waals surface area contributed by atoms with Crippen LogP contribution in [0.3, 0.4) is 0 Å². The van der Waals surface area contributed by atoms with E-state index in [0.29, 0.717) is 0 Å². The highest BCUT2D eigenvalue weighted by atomic mass is 15.2. The summed E-state index contributed by atoms with van der Waals surface area (Å²) >= 11 is 0. The van der Waals surface area contributed by atoms with Crippen molar-refractivity contribution in [3.8, 4) is 0 Å². The van der Waals surface area contributed by atoms with Gasteiger partial charge in [0.2, 0.25) is 0 Å². The van der Waals surface area contributed by atoms with Crippen LogP contribution < -0.4 is 0 Å². The SMILES string of the molecule is c1ccc(CN(CCN(Cc2ccccc2)Cc2ccccc2)CCN(Cc2ccccc2)Cc2ccccc2)cc1. The van der Waals surface area contributed by atoms with Crippen molar-refractivity contribution in [1.82, 2.24) is 14.7 Å². The summed E-state index contributed by atoms with van der Waals surface area (Å²) in [5, 5.41) is 0. The standard InChI is InChI=1S/C39H43N3/c1-6-16-35(17-7-1)30-40(26-28-41(31-36-18-8-2-9-19-36)32-37-20-10-3-11-21-37)27-29-42(33-38-22-12-4-13-23-38)34-39-24-14-5-15-25-39/h1-25H,26-34H2. The van der Waals surface area contributed by atoms with Crippen molar-refractivity contribution >= 4 is 0 Å². The van der Waals surface area contributed by atoms with Crippen molar-refractivity contribution in [2.24, 2.45) is 0 Å². The fourth-order valence-corrected chi connectivity index (χ4v) is 5.47. The largest absolute Gasteiger partial charge is 0.297 e. The highest BCUT2D eigenvalue weighted by Gasteiger charge is 2.14. The van der Waals surface area contributed by atoms with Crippen LogP contribution in [0, 0.1) is 0 Å². The van der Waals surface area contributed by atoms with Crippen LogP contribution in [0.1, 0.15) is 27.8 Å². The average Bonchev–Trinajstić information content (AvgIpc) is 3.04. The number of hydrogen-bond donors (Lipinski definition) is 0. The summed E-state index contributed by atoms with van der Waals surface area (Å²) in [5.41, 5.74) is 6.81. The van der Waals surface area contributed by atoms with Crippen molar-refractivity contribution in [3.05, 3.63) is 179 Å². The molecule has 0 N–H and O–H groups in total. The normalized spacial score (nSPS) is 11.4. The molecule has 3 nitrogen and oxygen atoms in total. The number of hydrogen-bond acceptors (Lipinski definition) is 3. The molecule has 0 aliphatic heterocycles. The first-order valence-electron chi connectivity index (χ1n) is 15.2. The van der Waals surface area contributed by atoms with Crippen LogP contribution >= 0.6 is 0 Å². The molecule has 0 saturated heterocycles. The highest BCUT2D eigenvalue weighted by molar-refractivity contribution is 5.19. The van der Waals surface area contributed by atoms with Gasteiger partial charge in [-0.3, -0.25) is 14.7 Å². The van der Waals surface area contributed by atoms with Crippen LogP contribution in [0.4, 0.5) is 0 Å². The Morgan fingerprint density at radius 1 is 0.238 bits per heavy atom. The highest BCUT2D eigenvalue weighted by Crippen LogP contribution is 2.14. The third-order valence-electron chi connectivity index (χ3n) is 7.71.